The maximum Gasteiger partial charge on any atom is 0.337 e. The van der Waals surface area contributed by atoms with E-state index in [0.29, 0.717) is 11.6 Å². The molecule has 0 amide bonds. The Morgan fingerprint density at radius 3 is 2.42 bits per heavy atom. The van der Waals surface area contributed by atoms with Crippen LogP contribution in [0.15, 0.2) is 72.8 Å². The largest absolute Gasteiger partial charge is 0.465 e. The van der Waals surface area contributed by atoms with E-state index in [2.05, 4.69) is 53.8 Å². The van der Waals surface area contributed by atoms with Gasteiger partial charge in [-0.1, -0.05) is 60.7 Å². The first-order chi connectivity index (χ1) is 12.7. The molecular weight excluding hydrogens is 322 g/mol. The molecule has 0 aromatic heterocycles. The zero-order valence-electron chi connectivity index (χ0n) is 14.5. The number of fused-ring (bicyclic) bond motifs is 7. The molecule has 3 aromatic carbocycles. The third-order valence-electron chi connectivity index (χ3n) is 5.72. The molecule has 2 aliphatic heterocycles. The van der Waals surface area contributed by atoms with Crippen LogP contribution in [0.1, 0.15) is 44.2 Å². The molecule has 2 atom stereocenters. The summed E-state index contributed by atoms with van der Waals surface area (Å²) in [4.78, 5) is 11.8. The van der Waals surface area contributed by atoms with Crippen LogP contribution in [0.4, 0.5) is 0 Å². The highest BCUT2D eigenvalue weighted by molar-refractivity contribution is 5.89. The molecule has 0 spiro atoms. The number of benzene rings is 3. The standard InChI is InChI=1S/C23H19NO2/c1-26-22(25)15-10-12-17(13-11-15)23-19-8-4-2-6-16(19)14-21(24-23)18-7-3-5-9-20(18)23/h2-13,21,24H,14H2,1H3/t21-,23+/m1/s1. The minimum Gasteiger partial charge on any atom is -0.465 e. The lowest BCUT2D eigenvalue weighted by atomic mass is 9.75. The summed E-state index contributed by atoms with van der Waals surface area (Å²) in [7, 11) is 1.41. The molecule has 0 radical (unpaired) electrons. The van der Waals surface area contributed by atoms with Crippen molar-refractivity contribution in [3.63, 3.8) is 0 Å². The number of hydrogen-bond donors (Lipinski definition) is 1. The topological polar surface area (TPSA) is 38.3 Å². The number of esters is 1. The minimum atomic E-state index is -0.370. The van der Waals surface area contributed by atoms with Gasteiger partial charge in [-0.2, -0.15) is 0 Å². The van der Waals surface area contributed by atoms with E-state index in [1.807, 2.05) is 24.3 Å². The van der Waals surface area contributed by atoms with Crippen LogP contribution in [0.3, 0.4) is 0 Å². The highest BCUT2D eigenvalue weighted by Gasteiger charge is 2.49. The Morgan fingerprint density at radius 1 is 0.962 bits per heavy atom. The van der Waals surface area contributed by atoms with Crippen LogP contribution in [0.2, 0.25) is 0 Å². The Hall–Kier alpha value is -2.91. The fourth-order valence-electron chi connectivity index (χ4n) is 4.60. The first-order valence-corrected chi connectivity index (χ1v) is 8.88. The van der Waals surface area contributed by atoms with E-state index in [1.165, 1.54) is 29.4 Å². The summed E-state index contributed by atoms with van der Waals surface area (Å²) >= 11 is 0. The summed E-state index contributed by atoms with van der Waals surface area (Å²) in [5.41, 5.74) is 6.69. The number of rotatable bonds is 2. The maximum absolute atomic E-state index is 11.8. The van der Waals surface area contributed by atoms with Crippen molar-refractivity contribution in [3.8, 4) is 0 Å². The molecule has 0 unspecified atom stereocenters. The van der Waals surface area contributed by atoms with Crippen molar-refractivity contribution >= 4 is 5.97 Å². The van der Waals surface area contributed by atoms with Crippen molar-refractivity contribution in [2.75, 3.05) is 7.11 Å². The van der Waals surface area contributed by atoms with E-state index in [-0.39, 0.29) is 11.5 Å². The molecule has 5 rings (SSSR count). The van der Waals surface area contributed by atoms with Gasteiger partial charge >= 0.3 is 5.97 Å². The van der Waals surface area contributed by atoms with Gasteiger partial charge in [0.2, 0.25) is 0 Å². The summed E-state index contributed by atoms with van der Waals surface area (Å²) in [6.07, 6.45) is 0.995. The third kappa shape index (κ3) is 1.95. The molecular formula is C23H19NO2. The average Bonchev–Trinajstić information content (AvgIpc) is 2.98. The number of carbonyl (C=O) groups is 1. The van der Waals surface area contributed by atoms with Crippen LogP contribution < -0.4 is 5.32 Å². The van der Waals surface area contributed by atoms with E-state index >= 15 is 0 Å². The molecule has 128 valence electrons. The minimum absolute atomic E-state index is 0.307. The number of hydrogen-bond acceptors (Lipinski definition) is 3. The molecule has 2 bridgehead atoms. The number of nitrogens with one attached hydrogen (secondary N) is 1. The molecule has 0 saturated carbocycles. The highest BCUT2D eigenvalue weighted by Crippen LogP contribution is 2.51. The second kappa shape index (κ2) is 5.55. The molecule has 3 aromatic rings. The van der Waals surface area contributed by atoms with Crippen LogP contribution in [0.25, 0.3) is 0 Å². The monoisotopic (exact) mass is 341 g/mol. The summed E-state index contributed by atoms with van der Waals surface area (Å²) < 4.78 is 4.84. The quantitative estimate of drug-likeness (QED) is 0.717. The first-order valence-electron chi connectivity index (χ1n) is 8.88. The Bertz CT molecular complexity index is 996. The van der Waals surface area contributed by atoms with E-state index in [1.54, 1.807) is 0 Å². The third-order valence-corrected chi connectivity index (χ3v) is 5.72. The van der Waals surface area contributed by atoms with Crippen LogP contribution in [-0.4, -0.2) is 13.1 Å². The number of carbonyl (C=O) groups excluding carboxylic acids is 1. The van der Waals surface area contributed by atoms with Gasteiger partial charge in [-0.25, -0.2) is 4.79 Å². The normalized spacial score (nSPS) is 22.4. The van der Waals surface area contributed by atoms with Crippen molar-refractivity contribution in [2.45, 2.75) is 18.0 Å². The summed E-state index contributed by atoms with van der Waals surface area (Å²) in [6.45, 7) is 0. The number of methoxy groups -OCH3 is 1. The first kappa shape index (κ1) is 15.4. The van der Waals surface area contributed by atoms with E-state index in [9.17, 15) is 4.79 Å². The molecule has 1 N–H and O–H groups in total. The molecule has 3 heteroatoms. The lowest BCUT2D eigenvalue weighted by Crippen LogP contribution is -2.44. The zero-order chi connectivity index (χ0) is 17.7. The fourth-order valence-corrected chi connectivity index (χ4v) is 4.60. The Morgan fingerprint density at radius 2 is 1.65 bits per heavy atom. The van der Waals surface area contributed by atoms with Gasteiger partial charge in [-0.15, -0.1) is 0 Å². The predicted octanol–water partition coefficient (Wildman–Crippen LogP) is 3.97. The van der Waals surface area contributed by atoms with Gasteiger partial charge in [-0.05, 0) is 46.4 Å². The van der Waals surface area contributed by atoms with Gasteiger partial charge in [0.1, 0.15) is 0 Å². The van der Waals surface area contributed by atoms with Gasteiger partial charge in [0.15, 0.2) is 0 Å². The molecule has 2 heterocycles. The highest BCUT2D eigenvalue weighted by atomic mass is 16.5. The second-order valence-corrected chi connectivity index (χ2v) is 6.96. The maximum atomic E-state index is 11.8. The van der Waals surface area contributed by atoms with Crippen molar-refractivity contribution in [1.82, 2.24) is 5.32 Å². The van der Waals surface area contributed by atoms with Crippen LogP contribution in [0.5, 0.6) is 0 Å². The number of ether oxygens (including phenoxy) is 1. The van der Waals surface area contributed by atoms with Gasteiger partial charge < -0.3 is 4.74 Å². The molecule has 0 fully saturated rings. The molecule has 0 saturated heterocycles. The van der Waals surface area contributed by atoms with E-state index in [0.717, 1.165) is 12.0 Å². The van der Waals surface area contributed by atoms with Gasteiger partial charge in [0.05, 0.1) is 18.2 Å². The summed E-state index contributed by atoms with van der Waals surface area (Å²) in [6, 6.07) is 25.4. The van der Waals surface area contributed by atoms with Crippen molar-refractivity contribution < 1.29 is 9.53 Å². The Balaban J connectivity index is 1.76. The second-order valence-electron chi connectivity index (χ2n) is 6.96. The molecule has 3 nitrogen and oxygen atoms in total. The SMILES string of the molecule is COC(=O)c1ccc([C@]23N[C@H](Cc4ccccc42)c2ccccc23)cc1. The van der Waals surface area contributed by atoms with Crippen LogP contribution in [-0.2, 0) is 16.7 Å². The molecule has 26 heavy (non-hydrogen) atoms. The van der Waals surface area contributed by atoms with Crippen molar-refractivity contribution in [3.05, 3.63) is 106 Å². The molecule has 0 aliphatic carbocycles. The predicted molar refractivity (Wildman–Crippen MR) is 100 cm³/mol. The summed E-state index contributed by atoms with van der Waals surface area (Å²) in [5, 5.41) is 3.89. The smallest absolute Gasteiger partial charge is 0.337 e. The lowest BCUT2D eigenvalue weighted by molar-refractivity contribution is 0.0600. The average molecular weight is 341 g/mol. The molecule has 2 aliphatic rings. The van der Waals surface area contributed by atoms with Crippen LogP contribution in [0, 0.1) is 0 Å². The van der Waals surface area contributed by atoms with Gasteiger partial charge in [-0.3, -0.25) is 5.32 Å². The van der Waals surface area contributed by atoms with Crippen molar-refractivity contribution in [1.29, 1.82) is 0 Å². The summed E-state index contributed by atoms with van der Waals surface area (Å²) in [5.74, 6) is -0.309. The lowest BCUT2D eigenvalue weighted by Gasteiger charge is -2.38. The Labute approximate surface area is 152 Å². The van der Waals surface area contributed by atoms with E-state index < -0.39 is 0 Å². The van der Waals surface area contributed by atoms with E-state index in [4.69, 9.17) is 4.74 Å². The fraction of sp³-hybridized carbons (Fsp3) is 0.174. The van der Waals surface area contributed by atoms with Crippen LogP contribution >= 0.6 is 0 Å². The van der Waals surface area contributed by atoms with Crippen molar-refractivity contribution in [2.24, 2.45) is 0 Å². The van der Waals surface area contributed by atoms with Gasteiger partial charge in [0, 0.05) is 6.04 Å². The van der Waals surface area contributed by atoms with Gasteiger partial charge in [0.25, 0.3) is 0 Å². The Kier molecular flexibility index (Phi) is 3.28. The zero-order valence-corrected chi connectivity index (χ0v) is 14.5.